The van der Waals surface area contributed by atoms with Crippen LogP contribution in [0.4, 0.5) is 0 Å². The van der Waals surface area contributed by atoms with Crippen molar-refractivity contribution in [2.45, 2.75) is 38.7 Å². The smallest absolute Gasteiger partial charge is 0.167 e. The van der Waals surface area contributed by atoms with Gasteiger partial charge in [-0.25, -0.2) is 0 Å². The van der Waals surface area contributed by atoms with Crippen LogP contribution in [-0.4, -0.2) is 23.5 Å². The lowest BCUT2D eigenvalue weighted by Crippen LogP contribution is -2.22. The predicted molar refractivity (Wildman–Crippen MR) is 61.5 cm³/mol. The van der Waals surface area contributed by atoms with E-state index in [4.69, 9.17) is 4.74 Å². The van der Waals surface area contributed by atoms with E-state index in [9.17, 15) is 4.79 Å². The second-order valence-corrected chi connectivity index (χ2v) is 4.31. The van der Waals surface area contributed by atoms with E-state index in [1.165, 1.54) is 6.42 Å². The van der Waals surface area contributed by atoms with Crippen LogP contribution in [0.15, 0.2) is 18.5 Å². The van der Waals surface area contributed by atoms with Gasteiger partial charge in [-0.2, -0.15) is 0 Å². The third-order valence-electron chi connectivity index (χ3n) is 3.03. The monoisotopic (exact) mass is 219 g/mol. The Bertz CT molecular complexity index is 370. The van der Waals surface area contributed by atoms with E-state index in [0.717, 1.165) is 30.6 Å². The van der Waals surface area contributed by atoms with Gasteiger partial charge in [0.15, 0.2) is 5.78 Å². The maximum absolute atomic E-state index is 12.0. The number of hydrogen-bond acceptors (Lipinski definition) is 3. The van der Waals surface area contributed by atoms with Gasteiger partial charge < -0.3 is 4.74 Å². The first-order valence-corrected chi connectivity index (χ1v) is 5.83. The minimum absolute atomic E-state index is 0.112. The Balaban J connectivity index is 2.00. The van der Waals surface area contributed by atoms with Crippen molar-refractivity contribution in [2.24, 2.45) is 0 Å². The van der Waals surface area contributed by atoms with Gasteiger partial charge in [0.2, 0.25) is 0 Å². The van der Waals surface area contributed by atoms with E-state index in [0.29, 0.717) is 6.42 Å². The topological polar surface area (TPSA) is 39.2 Å². The molecule has 0 bridgehead atoms. The molecule has 2 rings (SSSR count). The summed E-state index contributed by atoms with van der Waals surface area (Å²) in [6.07, 6.45) is 7.27. The van der Waals surface area contributed by atoms with Crippen molar-refractivity contribution in [3.63, 3.8) is 0 Å². The average Bonchev–Trinajstić information content (AvgIpc) is 2.31. The fraction of sp³-hybridized carbons (Fsp3) is 0.538. The molecular weight excluding hydrogens is 202 g/mol. The van der Waals surface area contributed by atoms with Gasteiger partial charge in [0.25, 0.3) is 0 Å². The molecule has 0 N–H and O–H groups in total. The Morgan fingerprint density at radius 1 is 1.56 bits per heavy atom. The van der Waals surface area contributed by atoms with Gasteiger partial charge in [-0.1, -0.05) is 0 Å². The summed E-state index contributed by atoms with van der Waals surface area (Å²) in [4.78, 5) is 16.0. The number of carbonyl (C=O) groups is 1. The van der Waals surface area contributed by atoms with Gasteiger partial charge in [-0.15, -0.1) is 0 Å². The molecule has 3 nitrogen and oxygen atoms in total. The molecule has 2 heterocycles. The minimum Gasteiger partial charge on any atom is -0.378 e. The molecule has 1 atom stereocenters. The Morgan fingerprint density at radius 3 is 3.12 bits per heavy atom. The molecule has 0 radical (unpaired) electrons. The number of ether oxygens (including phenoxy) is 1. The third kappa shape index (κ3) is 2.67. The van der Waals surface area contributed by atoms with Crippen LogP contribution >= 0.6 is 0 Å². The average molecular weight is 219 g/mol. The second kappa shape index (κ2) is 5.21. The molecule has 86 valence electrons. The number of hydrogen-bond donors (Lipinski definition) is 0. The van der Waals surface area contributed by atoms with Crippen LogP contribution in [0, 0.1) is 6.92 Å². The molecular formula is C13H17NO2. The van der Waals surface area contributed by atoms with E-state index >= 15 is 0 Å². The second-order valence-electron chi connectivity index (χ2n) is 4.31. The SMILES string of the molecule is Cc1ccncc1C(=O)CC1CCCCO1. The van der Waals surface area contributed by atoms with Crippen molar-refractivity contribution in [1.29, 1.82) is 0 Å². The van der Waals surface area contributed by atoms with Crippen LogP contribution in [0.3, 0.4) is 0 Å². The molecule has 3 heteroatoms. The fourth-order valence-corrected chi connectivity index (χ4v) is 2.04. The largest absolute Gasteiger partial charge is 0.378 e. The van der Waals surface area contributed by atoms with E-state index < -0.39 is 0 Å². The normalized spacial score (nSPS) is 20.7. The first kappa shape index (κ1) is 11.3. The summed E-state index contributed by atoms with van der Waals surface area (Å²) in [6, 6.07) is 1.87. The number of rotatable bonds is 3. The summed E-state index contributed by atoms with van der Waals surface area (Å²) in [7, 11) is 0. The van der Waals surface area contributed by atoms with Crippen LogP contribution in [-0.2, 0) is 4.74 Å². The summed E-state index contributed by atoms with van der Waals surface area (Å²) < 4.78 is 5.57. The number of carbonyl (C=O) groups excluding carboxylic acids is 1. The van der Waals surface area contributed by atoms with Crippen molar-refractivity contribution in [2.75, 3.05) is 6.61 Å². The lowest BCUT2D eigenvalue weighted by molar-refractivity contribution is 0.0129. The maximum Gasteiger partial charge on any atom is 0.167 e. The van der Waals surface area contributed by atoms with Crippen molar-refractivity contribution < 1.29 is 9.53 Å². The molecule has 0 aliphatic carbocycles. The minimum atomic E-state index is 0.112. The molecule has 1 unspecified atom stereocenters. The summed E-state index contributed by atoms with van der Waals surface area (Å²) >= 11 is 0. The highest BCUT2D eigenvalue weighted by Crippen LogP contribution is 2.18. The third-order valence-corrected chi connectivity index (χ3v) is 3.03. The zero-order chi connectivity index (χ0) is 11.4. The molecule has 1 aromatic heterocycles. The lowest BCUT2D eigenvalue weighted by Gasteiger charge is -2.21. The van der Waals surface area contributed by atoms with E-state index in [2.05, 4.69) is 4.98 Å². The van der Waals surface area contributed by atoms with Crippen LogP contribution < -0.4 is 0 Å². The quantitative estimate of drug-likeness (QED) is 0.733. The molecule has 0 spiro atoms. The van der Waals surface area contributed by atoms with Crippen LogP contribution in [0.5, 0.6) is 0 Å². The highest BCUT2D eigenvalue weighted by atomic mass is 16.5. The highest BCUT2D eigenvalue weighted by molar-refractivity contribution is 5.97. The number of aromatic nitrogens is 1. The molecule has 1 saturated heterocycles. The first-order valence-electron chi connectivity index (χ1n) is 5.83. The van der Waals surface area contributed by atoms with Gasteiger partial charge in [0.05, 0.1) is 6.10 Å². The molecule has 1 aliphatic heterocycles. The van der Waals surface area contributed by atoms with Crippen molar-refractivity contribution in [1.82, 2.24) is 4.98 Å². The number of pyridine rings is 1. The summed E-state index contributed by atoms with van der Waals surface area (Å²) in [5.74, 6) is 0.150. The Labute approximate surface area is 95.8 Å². The van der Waals surface area contributed by atoms with Gasteiger partial charge in [-0.3, -0.25) is 9.78 Å². The van der Waals surface area contributed by atoms with Crippen LogP contribution in [0.25, 0.3) is 0 Å². The standard InChI is InChI=1S/C13H17NO2/c1-10-5-6-14-9-12(10)13(15)8-11-4-2-3-7-16-11/h5-6,9,11H,2-4,7-8H2,1H3. The van der Waals surface area contributed by atoms with Crippen molar-refractivity contribution >= 4 is 5.78 Å². The van der Waals surface area contributed by atoms with E-state index in [1.807, 2.05) is 13.0 Å². The number of ketones is 1. The lowest BCUT2D eigenvalue weighted by atomic mass is 9.99. The molecule has 1 aliphatic rings. The van der Waals surface area contributed by atoms with Gasteiger partial charge >= 0.3 is 0 Å². The van der Waals surface area contributed by atoms with E-state index in [-0.39, 0.29) is 11.9 Å². The molecule has 0 aromatic carbocycles. The van der Waals surface area contributed by atoms with E-state index in [1.54, 1.807) is 12.4 Å². The fourth-order valence-electron chi connectivity index (χ4n) is 2.04. The van der Waals surface area contributed by atoms with Crippen molar-refractivity contribution in [3.8, 4) is 0 Å². The Morgan fingerprint density at radius 2 is 2.44 bits per heavy atom. The first-order chi connectivity index (χ1) is 7.77. The molecule has 0 saturated carbocycles. The van der Waals surface area contributed by atoms with Gasteiger partial charge in [0.1, 0.15) is 0 Å². The van der Waals surface area contributed by atoms with Crippen LogP contribution in [0.1, 0.15) is 41.6 Å². The summed E-state index contributed by atoms with van der Waals surface area (Å²) in [6.45, 7) is 2.74. The van der Waals surface area contributed by atoms with Gasteiger partial charge in [0, 0.05) is 31.0 Å². The molecule has 1 aromatic rings. The van der Waals surface area contributed by atoms with Gasteiger partial charge in [-0.05, 0) is 37.8 Å². The Hall–Kier alpha value is -1.22. The summed E-state index contributed by atoms with van der Waals surface area (Å²) in [5.41, 5.74) is 1.73. The highest BCUT2D eigenvalue weighted by Gasteiger charge is 2.19. The molecule has 1 fully saturated rings. The maximum atomic E-state index is 12.0. The van der Waals surface area contributed by atoms with Crippen LogP contribution in [0.2, 0.25) is 0 Å². The number of aryl methyl sites for hydroxylation is 1. The predicted octanol–water partition coefficient (Wildman–Crippen LogP) is 2.53. The molecule has 0 amide bonds. The molecule has 16 heavy (non-hydrogen) atoms. The number of Topliss-reactive ketones (excluding diaryl/α,β-unsaturated/α-hetero) is 1. The number of nitrogens with zero attached hydrogens (tertiary/aromatic N) is 1. The Kier molecular flexibility index (Phi) is 3.67. The summed E-state index contributed by atoms with van der Waals surface area (Å²) in [5, 5.41) is 0. The van der Waals surface area contributed by atoms with Crippen molar-refractivity contribution in [3.05, 3.63) is 29.6 Å². The zero-order valence-electron chi connectivity index (χ0n) is 9.61. The zero-order valence-corrected chi connectivity index (χ0v) is 9.61.